The van der Waals surface area contributed by atoms with Crippen LogP contribution in [0.2, 0.25) is 0 Å². The van der Waals surface area contributed by atoms with Gasteiger partial charge in [-0.05, 0) is 98.1 Å². The van der Waals surface area contributed by atoms with Gasteiger partial charge < -0.3 is 49.5 Å². The van der Waals surface area contributed by atoms with Crippen molar-refractivity contribution in [3.05, 3.63) is 87.4 Å². The zero-order valence-corrected chi connectivity index (χ0v) is 41.7. The number of H-pyrrole nitrogens is 2. The van der Waals surface area contributed by atoms with Crippen LogP contribution in [-0.4, -0.2) is 97.6 Å². The molecule has 2 saturated heterocycles. The number of aromatic amines is 2. The fourth-order valence-corrected chi connectivity index (χ4v) is 13.0. The number of nitrogens with zero attached hydrogens (tertiary/aromatic N) is 6. The molecule has 4 fully saturated rings. The fourth-order valence-electron chi connectivity index (χ4n) is 11.9. The van der Waals surface area contributed by atoms with E-state index in [1.54, 1.807) is 22.4 Å². The van der Waals surface area contributed by atoms with Gasteiger partial charge in [-0.2, -0.15) is 0 Å². The Bertz CT molecular complexity index is 2870. The minimum atomic E-state index is -0.767. The molecule has 4 aliphatic heterocycles. The highest BCUT2D eigenvalue weighted by Crippen LogP contribution is 2.56. The third-order valence-corrected chi connectivity index (χ3v) is 16.8. The third-order valence-electron chi connectivity index (χ3n) is 15.6. The first-order valence-electron chi connectivity index (χ1n) is 25.1. The Morgan fingerprint density at radius 1 is 0.789 bits per heavy atom. The summed E-state index contributed by atoms with van der Waals surface area (Å²) in [6.45, 7) is 8.09. The van der Waals surface area contributed by atoms with E-state index in [2.05, 4.69) is 43.7 Å². The minimum Gasteiger partial charge on any atom is -0.465 e. The number of anilines is 1. The third kappa shape index (κ3) is 8.46. The highest BCUT2D eigenvalue weighted by molar-refractivity contribution is 7.11. The Morgan fingerprint density at radius 2 is 1.46 bits per heavy atom. The highest BCUT2D eigenvalue weighted by atomic mass is 32.1. The molecule has 0 bridgehead atoms. The molecule has 2 aliphatic carbocycles. The van der Waals surface area contributed by atoms with Crippen LogP contribution in [-0.2, 0) is 25.5 Å². The second-order valence-electron chi connectivity index (χ2n) is 20.7. The van der Waals surface area contributed by atoms with Gasteiger partial charge in [0.05, 0.1) is 71.6 Å². The summed E-state index contributed by atoms with van der Waals surface area (Å²) in [5.74, 6) is 1.50. The molecule has 2 aromatic carbocycles. The van der Waals surface area contributed by atoms with Gasteiger partial charge in [0.1, 0.15) is 35.3 Å². The number of carbonyl (C=O) groups excluding carboxylic acids is 4. The number of methoxy groups -OCH3 is 2. The molecule has 374 valence electrons. The number of imidazole rings is 2. The van der Waals surface area contributed by atoms with Crippen LogP contribution in [0, 0.1) is 23.6 Å². The van der Waals surface area contributed by atoms with Crippen molar-refractivity contribution in [1.82, 2.24) is 45.4 Å². The first-order valence-corrected chi connectivity index (χ1v) is 25.9. The van der Waals surface area contributed by atoms with Crippen LogP contribution in [0.3, 0.4) is 0 Å². The molecule has 4 N–H and O–H groups in total. The largest absolute Gasteiger partial charge is 0.465 e. The average Bonchev–Trinajstić information content (AvgIpc) is 4.18. The predicted molar refractivity (Wildman–Crippen MR) is 262 cm³/mol. The average molecular weight is 989 g/mol. The predicted octanol–water partition coefficient (Wildman–Crippen LogP) is 9.00. The maximum Gasteiger partial charge on any atom is 0.407 e. The van der Waals surface area contributed by atoms with Crippen LogP contribution in [0.1, 0.15) is 142 Å². The molecular weight excluding hydrogens is 928 g/mol. The van der Waals surface area contributed by atoms with Gasteiger partial charge in [-0.1, -0.05) is 46.6 Å². The van der Waals surface area contributed by atoms with E-state index in [0.29, 0.717) is 65.4 Å². The number of carbonyl (C=O) groups is 4. The lowest BCUT2D eigenvalue weighted by atomic mass is 9.96. The van der Waals surface area contributed by atoms with Gasteiger partial charge >= 0.3 is 12.2 Å². The molecule has 17 nitrogen and oxygen atoms in total. The lowest BCUT2D eigenvalue weighted by Crippen LogP contribution is -2.52. The molecule has 71 heavy (non-hydrogen) atoms. The number of thiazole rings is 1. The summed E-state index contributed by atoms with van der Waals surface area (Å²) in [6, 6.07) is 7.34. The van der Waals surface area contributed by atoms with Crippen molar-refractivity contribution in [2.75, 3.05) is 25.7 Å². The molecule has 0 radical (unpaired) electrons. The normalized spacial score (nSPS) is 24.0. The number of amides is 4. The number of aromatic nitrogens is 5. The van der Waals surface area contributed by atoms with Gasteiger partial charge in [0.2, 0.25) is 18.0 Å². The molecule has 4 amide bonds. The second-order valence-corrected chi connectivity index (χ2v) is 21.8. The monoisotopic (exact) mass is 988 g/mol. The lowest BCUT2D eigenvalue weighted by molar-refractivity contribution is -0.137. The van der Waals surface area contributed by atoms with E-state index in [4.69, 9.17) is 29.2 Å². The summed E-state index contributed by atoms with van der Waals surface area (Å²) in [6.07, 6.45) is 11.9. The molecule has 5 aromatic rings. The summed E-state index contributed by atoms with van der Waals surface area (Å²) in [5.41, 5.74) is 5.36. The van der Waals surface area contributed by atoms with Gasteiger partial charge in [-0.25, -0.2) is 28.9 Å². The van der Waals surface area contributed by atoms with Crippen LogP contribution in [0.15, 0.2) is 48.9 Å². The fraction of sp³-hybridized carbons (Fsp3) is 0.519. The van der Waals surface area contributed by atoms with Crippen molar-refractivity contribution >= 4 is 41.0 Å². The smallest absolute Gasteiger partial charge is 0.407 e. The summed E-state index contributed by atoms with van der Waals surface area (Å²) in [7, 11) is 2.57. The number of alkyl carbamates (subject to hydrolysis) is 2. The maximum atomic E-state index is 17.1. The van der Waals surface area contributed by atoms with E-state index < -0.39 is 36.3 Å². The number of likely N-dealkylation sites (tertiary alicyclic amines) is 2. The SMILES string of the molecule is COC(=O)N[C@H](C(=O)N1CCC[C@H]1c1ncc(-c2cc(F)c3c(c2)OC(c2cnc(C4CCCC4)s2)N2c4ccc(-c5cnc([C@@H]6C[C@H]7C[C@H]7N6C(=O)[C@H](NC(=O)OC)C(C)C)[nH]5)cc4CC32)[nH]1)C(C)C. The Labute approximate surface area is 415 Å². The molecule has 2 unspecified atom stereocenters. The van der Waals surface area contributed by atoms with E-state index in [-0.39, 0.29) is 47.8 Å². The number of rotatable bonds is 12. The minimum absolute atomic E-state index is 0.111. The van der Waals surface area contributed by atoms with E-state index in [9.17, 15) is 19.2 Å². The van der Waals surface area contributed by atoms with Crippen molar-refractivity contribution in [3.8, 4) is 28.3 Å². The molecule has 2 saturated carbocycles. The van der Waals surface area contributed by atoms with Crippen LogP contribution in [0.4, 0.5) is 19.7 Å². The molecule has 8 atom stereocenters. The quantitative estimate of drug-likeness (QED) is 0.0930. The van der Waals surface area contributed by atoms with Crippen LogP contribution in [0.25, 0.3) is 22.5 Å². The number of ether oxygens (including phenoxy) is 3. The zero-order chi connectivity index (χ0) is 49.4. The van der Waals surface area contributed by atoms with E-state index in [0.717, 1.165) is 64.5 Å². The van der Waals surface area contributed by atoms with Gasteiger partial charge in [0.15, 0.2) is 0 Å². The Morgan fingerprint density at radius 3 is 2.15 bits per heavy atom. The van der Waals surface area contributed by atoms with Gasteiger partial charge in [-0.15, -0.1) is 11.3 Å². The van der Waals surface area contributed by atoms with Crippen LogP contribution < -0.4 is 20.3 Å². The van der Waals surface area contributed by atoms with Crippen molar-refractivity contribution in [3.63, 3.8) is 0 Å². The lowest BCUT2D eigenvalue weighted by Gasteiger charge is -2.40. The molecule has 11 rings (SSSR count). The first-order chi connectivity index (χ1) is 34.3. The Hall–Kier alpha value is -6.50. The Balaban J connectivity index is 0.886. The topological polar surface area (TPSA) is 200 Å². The van der Waals surface area contributed by atoms with Crippen molar-refractivity contribution < 1.29 is 37.8 Å². The maximum absolute atomic E-state index is 17.1. The van der Waals surface area contributed by atoms with Gasteiger partial charge in [-0.3, -0.25) is 9.59 Å². The van der Waals surface area contributed by atoms with Crippen molar-refractivity contribution in [2.45, 2.75) is 134 Å². The van der Waals surface area contributed by atoms with Gasteiger partial charge in [0, 0.05) is 36.0 Å². The number of halogens is 1. The zero-order valence-electron chi connectivity index (χ0n) is 40.9. The molecule has 0 spiro atoms. The number of benzene rings is 2. The number of nitrogens with one attached hydrogen (secondary N) is 4. The van der Waals surface area contributed by atoms with Crippen molar-refractivity contribution in [1.29, 1.82) is 0 Å². The van der Waals surface area contributed by atoms with Crippen LogP contribution in [0.5, 0.6) is 5.75 Å². The van der Waals surface area contributed by atoms with Crippen molar-refractivity contribution in [2.24, 2.45) is 17.8 Å². The molecule has 7 heterocycles. The van der Waals surface area contributed by atoms with Gasteiger partial charge in [0.25, 0.3) is 0 Å². The van der Waals surface area contributed by atoms with E-state index >= 15 is 4.39 Å². The molecule has 19 heteroatoms. The standard InChI is InChI=1S/C52H61FN10O7S/c1-25(2)43(59-51(66)68-5)48(64)61-15-9-12-36(61)45-54-23-34(58-45)29-17-32(53)42-38-19-30-16-28(13-14-35(30)63(38)50(70-40(42)21-29)41-24-56-47(71-41)27-10-7-8-11-27)33-22-55-46(57-33)39-20-31-18-37(31)62(39)49(65)44(26(3)4)60-52(67)69-6/h13-14,16-17,21-27,31,36-39,43-44,50H,7-12,15,18-20H2,1-6H3,(H,54,58)(H,55,57)(H,59,66)(H,60,67)/t31-,36+,37-,38?,39+,43+,44-,50?/m1/s1. The molecular formula is C52H61FN10O7S. The summed E-state index contributed by atoms with van der Waals surface area (Å²) in [5, 5.41) is 6.56. The highest BCUT2D eigenvalue weighted by Gasteiger charge is 2.56. The molecule has 6 aliphatic rings. The Kier molecular flexibility index (Phi) is 12.3. The molecule has 3 aromatic heterocycles. The number of hydrogen-bond acceptors (Lipinski definition) is 12. The second kappa shape index (κ2) is 18.6. The van der Waals surface area contributed by atoms with E-state index in [1.807, 2.05) is 51.1 Å². The first kappa shape index (κ1) is 46.9. The summed E-state index contributed by atoms with van der Waals surface area (Å²) >= 11 is 1.68. The van der Waals surface area contributed by atoms with Crippen LogP contribution >= 0.6 is 11.3 Å². The summed E-state index contributed by atoms with van der Waals surface area (Å²) < 4.78 is 33.7. The number of hydrogen-bond donors (Lipinski definition) is 4. The number of piperidine rings is 1. The van der Waals surface area contributed by atoms with E-state index in [1.165, 1.54) is 33.1 Å². The summed E-state index contributed by atoms with van der Waals surface area (Å²) in [4.78, 5) is 80.7. The number of fused-ring (bicyclic) bond motifs is 6.